The van der Waals surface area contributed by atoms with Crippen molar-refractivity contribution in [2.45, 2.75) is 116 Å². The molecule has 0 unspecified atom stereocenters. The van der Waals surface area contributed by atoms with Crippen molar-refractivity contribution >= 4 is 58.0 Å². The van der Waals surface area contributed by atoms with Gasteiger partial charge in [0.15, 0.2) is 11.5 Å². The topological polar surface area (TPSA) is 235 Å². The van der Waals surface area contributed by atoms with Crippen LogP contribution in [-0.2, 0) is 19.2 Å². The molecule has 4 aromatic heterocycles. The summed E-state index contributed by atoms with van der Waals surface area (Å²) >= 11 is 1.57. The first kappa shape index (κ1) is 53.7. The van der Waals surface area contributed by atoms with Crippen LogP contribution in [0.3, 0.4) is 0 Å². The van der Waals surface area contributed by atoms with Crippen molar-refractivity contribution < 1.29 is 33.5 Å². The molecule has 76 heavy (non-hydrogen) atoms. The third-order valence-corrected chi connectivity index (χ3v) is 15.5. The smallest absolute Gasteiger partial charge is 0.254 e. The van der Waals surface area contributed by atoms with Crippen LogP contribution in [0, 0.1) is 18.2 Å². The minimum Gasteiger partial charge on any atom is -0.391 e. The average molecular weight is 1060 g/mol. The molecule has 19 nitrogen and oxygen atoms in total. The van der Waals surface area contributed by atoms with Crippen LogP contribution in [0.4, 0.5) is 15.9 Å². The average Bonchev–Trinajstić information content (AvgIpc) is 3.74. The SMILES string of the molecule is Cc1ncsc1-c1ccc([C@H](C)NC(=O)[C@@H]2C[C@@H](O)CN2C(=O)[C@@H](NC(=O)CCCCCCNC(=O)CN2CCN(C(=O)c3ccc(Nc4nc(C5CC5)cn5c(-c6cn[nH]c6)cnc45)c(F)c3)CC2)C(C)(C)C)cc1. The van der Waals surface area contributed by atoms with Crippen molar-refractivity contribution in [1.82, 2.24) is 60.2 Å². The molecule has 402 valence electrons. The van der Waals surface area contributed by atoms with Gasteiger partial charge in [0, 0.05) is 81.5 Å². The van der Waals surface area contributed by atoms with Crippen LogP contribution in [-0.4, -0.2) is 143 Å². The quantitative estimate of drug-likeness (QED) is 0.0450. The predicted molar refractivity (Wildman–Crippen MR) is 287 cm³/mol. The fraction of sp³-hybridized carbons (Fsp3) is 0.473. The lowest BCUT2D eigenvalue weighted by atomic mass is 9.85. The van der Waals surface area contributed by atoms with Gasteiger partial charge in [-0.1, -0.05) is 57.9 Å². The summed E-state index contributed by atoms with van der Waals surface area (Å²) in [5, 5.41) is 29.6. The van der Waals surface area contributed by atoms with Gasteiger partial charge >= 0.3 is 0 Å². The maximum atomic E-state index is 15.7. The lowest BCUT2D eigenvalue weighted by Gasteiger charge is -2.35. The van der Waals surface area contributed by atoms with E-state index in [0.717, 1.165) is 70.8 Å². The molecule has 6 N–H and O–H groups in total. The van der Waals surface area contributed by atoms with Gasteiger partial charge in [-0.15, -0.1) is 11.3 Å². The van der Waals surface area contributed by atoms with Crippen LogP contribution in [0.1, 0.15) is 118 Å². The summed E-state index contributed by atoms with van der Waals surface area (Å²) in [6.45, 7) is 11.9. The van der Waals surface area contributed by atoms with E-state index in [-0.39, 0.29) is 66.9 Å². The van der Waals surface area contributed by atoms with Gasteiger partial charge in [-0.05, 0) is 74.3 Å². The van der Waals surface area contributed by atoms with E-state index in [9.17, 15) is 29.1 Å². The number of hydrogen-bond acceptors (Lipinski definition) is 13. The molecule has 0 spiro atoms. The number of aliphatic hydroxyl groups excluding tert-OH is 1. The summed E-state index contributed by atoms with van der Waals surface area (Å²) in [4.78, 5) is 87.3. The molecule has 1 saturated carbocycles. The van der Waals surface area contributed by atoms with Gasteiger partial charge in [0.1, 0.15) is 17.9 Å². The normalized spacial score (nSPS) is 17.9. The zero-order valence-corrected chi connectivity index (χ0v) is 44.6. The van der Waals surface area contributed by atoms with Crippen LogP contribution in [0.15, 0.2) is 72.8 Å². The van der Waals surface area contributed by atoms with Crippen molar-refractivity contribution in [3.8, 4) is 21.7 Å². The molecule has 9 rings (SSSR count). The number of β-amino-alcohol motifs (C(OH)–C–C–N with tert-alkyl or cyclic N) is 1. The number of unbranched alkanes of at least 4 members (excludes halogenated alkanes) is 3. The van der Waals surface area contributed by atoms with Crippen LogP contribution < -0.4 is 21.3 Å². The lowest BCUT2D eigenvalue weighted by molar-refractivity contribution is -0.144. The van der Waals surface area contributed by atoms with E-state index in [4.69, 9.17) is 4.98 Å². The number of fused-ring (bicyclic) bond motifs is 1. The monoisotopic (exact) mass is 1060 g/mol. The Bertz CT molecular complexity index is 3030. The van der Waals surface area contributed by atoms with Gasteiger partial charge in [-0.25, -0.2) is 19.3 Å². The number of nitrogens with one attached hydrogen (secondary N) is 5. The standard InChI is InChI=1S/C55H68FN13O6S/c1-33(35-11-15-37(16-12-35)48-34(2)59-32-76-48)62-52(73)44-25-40(70)29-69(44)54(75)49(55(3,4)5)65-46(71)10-8-6-7-9-19-57-47(72)31-66-20-22-67(23-21-66)53(74)38-17-18-42(41(56)24-38)63-50-51-58-28-45(39-26-60-61-27-39)68(51)30-43(64-50)36-13-14-36/h11-12,15-18,24,26-28,30,32-33,36,40,44,49,70H,6-10,13-14,19-23,25,29,31H2,1-5H3,(H,57,72)(H,60,61)(H,62,73)(H,63,64)(H,65,71)/t33-,40+,44-,49+/m0/s1. The van der Waals surface area contributed by atoms with Crippen LogP contribution in [0.25, 0.3) is 27.3 Å². The highest BCUT2D eigenvalue weighted by Gasteiger charge is 2.45. The number of anilines is 2. The summed E-state index contributed by atoms with van der Waals surface area (Å²) in [5.41, 5.74) is 7.58. The molecule has 2 saturated heterocycles. The third kappa shape index (κ3) is 12.8. The number of aromatic nitrogens is 6. The number of aryl methyl sites for hydroxylation is 1. The van der Waals surface area contributed by atoms with E-state index in [0.29, 0.717) is 56.5 Å². The molecule has 6 heterocycles. The first-order valence-corrected chi connectivity index (χ1v) is 27.2. The van der Waals surface area contributed by atoms with Crippen molar-refractivity contribution in [3.05, 3.63) is 101 Å². The van der Waals surface area contributed by atoms with Gasteiger partial charge in [0.2, 0.25) is 23.6 Å². The number of imidazole rings is 1. The number of hydrogen-bond donors (Lipinski definition) is 6. The predicted octanol–water partition coefficient (Wildman–Crippen LogP) is 6.51. The maximum Gasteiger partial charge on any atom is 0.254 e. The van der Waals surface area contributed by atoms with Crippen molar-refractivity contribution in [2.24, 2.45) is 5.41 Å². The molecule has 2 aliphatic heterocycles. The van der Waals surface area contributed by atoms with E-state index in [1.165, 1.54) is 11.0 Å². The summed E-state index contributed by atoms with van der Waals surface area (Å²) in [5.74, 6) is -1.27. The highest BCUT2D eigenvalue weighted by atomic mass is 32.1. The Morgan fingerprint density at radius 1 is 0.921 bits per heavy atom. The summed E-state index contributed by atoms with van der Waals surface area (Å²) in [7, 11) is 0. The Morgan fingerprint density at radius 3 is 2.37 bits per heavy atom. The first-order valence-electron chi connectivity index (χ1n) is 26.3. The Labute approximate surface area is 445 Å². The van der Waals surface area contributed by atoms with Gasteiger partial charge < -0.3 is 36.2 Å². The molecule has 21 heteroatoms. The van der Waals surface area contributed by atoms with E-state index in [1.807, 2.05) is 79.9 Å². The fourth-order valence-corrected chi connectivity index (χ4v) is 10.8. The molecule has 6 aromatic rings. The fourth-order valence-electron chi connectivity index (χ4n) is 9.94. The first-order chi connectivity index (χ1) is 36.5. The summed E-state index contributed by atoms with van der Waals surface area (Å²) in [6.07, 6.45) is 11.6. The molecule has 3 aliphatic rings. The van der Waals surface area contributed by atoms with Crippen molar-refractivity contribution in [1.29, 1.82) is 0 Å². The Hall–Kier alpha value is -7.10. The number of piperazine rings is 1. The number of amides is 5. The van der Waals surface area contributed by atoms with Gasteiger partial charge in [0.25, 0.3) is 5.91 Å². The number of benzene rings is 2. The third-order valence-electron chi connectivity index (χ3n) is 14.5. The van der Waals surface area contributed by atoms with Crippen LogP contribution >= 0.6 is 11.3 Å². The highest BCUT2D eigenvalue weighted by molar-refractivity contribution is 7.13. The molecule has 0 bridgehead atoms. The minimum absolute atomic E-state index is 0.00835. The Morgan fingerprint density at radius 2 is 1.68 bits per heavy atom. The molecule has 5 amide bonds. The number of H-pyrrole nitrogens is 1. The van der Waals surface area contributed by atoms with E-state index < -0.39 is 35.3 Å². The van der Waals surface area contributed by atoms with E-state index in [1.54, 1.807) is 47.0 Å². The Balaban J connectivity index is 0.665. The molecule has 1 aliphatic carbocycles. The number of aliphatic hydroxyl groups is 1. The number of thiazole rings is 1. The second kappa shape index (κ2) is 23.4. The molecular weight excluding hydrogens is 990 g/mol. The molecule has 0 radical (unpaired) electrons. The second-order valence-electron chi connectivity index (χ2n) is 21.4. The molecule has 4 atom stereocenters. The number of aromatic amines is 1. The number of carbonyl (C=O) groups is 5. The Kier molecular flexibility index (Phi) is 16.6. The molecule has 2 aromatic carbocycles. The van der Waals surface area contributed by atoms with E-state index >= 15 is 4.39 Å². The van der Waals surface area contributed by atoms with Gasteiger partial charge in [0.05, 0.1) is 64.2 Å². The zero-order valence-electron chi connectivity index (χ0n) is 43.8. The number of rotatable bonds is 20. The second-order valence-corrected chi connectivity index (χ2v) is 22.3. The largest absolute Gasteiger partial charge is 0.391 e. The highest BCUT2D eigenvalue weighted by Crippen LogP contribution is 2.41. The van der Waals surface area contributed by atoms with Crippen molar-refractivity contribution in [3.63, 3.8) is 0 Å². The van der Waals surface area contributed by atoms with Crippen LogP contribution in [0.5, 0.6) is 0 Å². The van der Waals surface area contributed by atoms with E-state index in [2.05, 4.69) is 41.4 Å². The number of nitrogens with zero attached hydrogens (tertiary/aromatic N) is 8. The van der Waals surface area contributed by atoms with Gasteiger partial charge in [-0.3, -0.25) is 38.4 Å². The zero-order chi connectivity index (χ0) is 53.7. The minimum atomic E-state index is -0.914. The summed E-state index contributed by atoms with van der Waals surface area (Å²) in [6, 6.07) is 10.2. The lowest BCUT2D eigenvalue weighted by Crippen LogP contribution is -2.57. The molecular formula is C55H68FN13O6S. The van der Waals surface area contributed by atoms with Crippen LogP contribution in [0.2, 0.25) is 0 Å². The number of halogens is 1. The summed E-state index contributed by atoms with van der Waals surface area (Å²) < 4.78 is 17.6. The molecule has 3 fully saturated rings. The number of carbonyl (C=O) groups excluding carboxylic acids is 5. The van der Waals surface area contributed by atoms with Gasteiger partial charge in [-0.2, -0.15) is 5.10 Å². The number of likely N-dealkylation sites (tertiary alicyclic amines) is 1. The maximum absolute atomic E-state index is 15.7. The van der Waals surface area contributed by atoms with Crippen molar-refractivity contribution in [2.75, 3.05) is 51.1 Å².